The number of hydrogen-bond acceptors (Lipinski definition) is 3. The second-order valence-corrected chi connectivity index (χ2v) is 6.53. The lowest BCUT2D eigenvalue weighted by atomic mass is 10.0. The molecule has 0 saturated heterocycles. The second-order valence-electron chi connectivity index (χ2n) is 6.53. The fourth-order valence-corrected chi connectivity index (χ4v) is 3.07. The van der Waals surface area contributed by atoms with Crippen LogP contribution in [0.2, 0.25) is 0 Å². The van der Waals surface area contributed by atoms with Crippen LogP contribution in [0.3, 0.4) is 0 Å². The first-order valence-corrected chi connectivity index (χ1v) is 9.58. The van der Waals surface area contributed by atoms with Crippen molar-refractivity contribution >= 4 is 5.91 Å². The van der Waals surface area contributed by atoms with Gasteiger partial charge in [0.05, 0.1) is 0 Å². The largest absolute Gasteiger partial charge is 0.352 e. The third kappa shape index (κ3) is 5.97. The molecule has 4 heteroatoms. The van der Waals surface area contributed by atoms with Crippen molar-refractivity contribution < 1.29 is 4.79 Å². The minimum atomic E-state index is -0.0135. The third-order valence-electron chi connectivity index (χ3n) is 4.54. The lowest BCUT2D eigenvalue weighted by Crippen LogP contribution is -2.30. The Morgan fingerprint density at radius 3 is 2.46 bits per heavy atom. The van der Waals surface area contributed by atoms with Crippen LogP contribution in [0.4, 0.5) is 0 Å². The molecular formula is C22H31N3O. The predicted molar refractivity (Wildman–Crippen MR) is 109 cm³/mol. The molecule has 4 nitrogen and oxygen atoms in total. The van der Waals surface area contributed by atoms with E-state index in [-0.39, 0.29) is 5.91 Å². The molecule has 0 aliphatic heterocycles. The Kier molecular flexibility index (Phi) is 8.32. The SMILES string of the molecule is CCCN(CC)CCCNC(=O)c1cccc(-c2cccc(CN)c2)c1. The summed E-state index contributed by atoms with van der Waals surface area (Å²) in [4.78, 5) is 14.9. The van der Waals surface area contributed by atoms with Crippen LogP contribution in [0, 0.1) is 0 Å². The van der Waals surface area contributed by atoms with E-state index in [2.05, 4.69) is 30.1 Å². The number of nitrogens with two attached hydrogens (primary N) is 1. The monoisotopic (exact) mass is 353 g/mol. The van der Waals surface area contributed by atoms with Crippen LogP contribution in [0.5, 0.6) is 0 Å². The molecular weight excluding hydrogens is 322 g/mol. The minimum absolute atomic E-state index is 0.0135. The average Bonchev–Trinajstić information content (AvgIpc) is 2.70. The first kappa shape index (κ1) is 20.1. The third-order valence-corrected chi connectivity index (χ3v) is 4.54. The Morgan fingerprint density at radius 2 is 1.77 bits per heavy atom. The number of benzene rings is 2. The van der Waals surface area contributed by atoms with E-state index in [0.29, 0.717) is 18.7 Å². The van der Waals surface area contributed by atoms with Crippen molar-refractivity contribution in [3.63, 3.8) is 0 Å². The number of rotatable bonds is 10. The molecule has 0 fully saturated rings. The summed E-state index contributed by atoms with van der Waals surface area (Å²) in [6.45, 7) is 8.80. The maximum atomic E-state index is 12.4. The van der Waals surface area contributed by atoms with Gasteiger partial charge in [-0.05, 0) is 67.4 Å². The molecule has 2 rings (SSSR count). The van der Waals surface area contributed by atoms with Crippen molar-refractivity contribution in [3.05, 3.63) is 59.7 Å². The van der Waals surface area contributed by atoms with Gasteiger partial charge in [0, 0.05) is 18.7 Å². The Bertz CT molecular complexity index is 699. The lowest BCUT2D eigenvalue weighted by Gasteiger charge is -2.19. The fraction of sp³-hybridized carbons (Fsp3) is 0.409. The topological polar surface area (TPSA) is 58.4 Å². The van der Waals surface area contributed by atoms with E-state index < -0.39 is 0 Å². The molecule has 0 spiro atoms. The summed E-state index contributed by atoms with van der Waals surface area (Å²) in [5, 5.41) is 3.04. The van der Waals surface area contributed by atoms with Crippen molar-refractivity contribution in [3.8, 4) is 11.1 Å². The molecule has 1 amide bonds. The summed E-state index contributed by atoms with van der Waals surface area (Å²) in [6, 6.07) is 15.9. The van der Waals surface area contributed by atoms with Gasteiger partial charge >= 0.3 is 0 Å². The number of hydrogen-bond donors (Lipinski definition) is 2. The highest BCUT2D eigenvalue weighted by Crippen LogP contribution is 2.21. The van der Waals surface area contributed by atoms with Crippen molar-refractivity contribution in [1.29, 1.82) is 0 Å². The zero-order valence-corrected chi connectivity index (χ0v) is 16.0. The van der Waals surface area contributed by atoms with E-state index in [1.807, 2.05) is 42.5 Å². The van der Waals surface area contributed by atoms with Gasteiger partial charge in [-0.25, -0.2) is 0 Å². The van der Waals surface area contributed by atoms with E-state index in [9.17, 15) is 4.79 Å². The number of carbonyl (C=O) groups is 1. The molecule has 3 N–H and O–H groups in total. The van der Waals surface area contributed by atoms with Gasteiger partial charge in [0.2, 0.25) is 0 Å². The highest BCUT2D eigenvalue weighted by Gasteiger charge is 2.08. The maximum absolute atomic E-state index is 12.4. The van der Waals surface area contributed by atoms with Crippen LogP contribution in [-0.2, 0) is 6.54 Å². The Balaban J connectivity index is 1.93. The van der Waals surface area contributed by atoms with E-state index in [0.717, 1.165) is 42.7 Å². The van der Waals surface area contributed by atoms with Crippen molar-refractivity contribution in [2.24, 2.45) is 5.73 Å². The van der Waals surface area contributed by atoms with E-state index in [4.69, 9.17) is 5.73 Å². The molecule has 0 bridgehead atoms. The fourth-order valence-electron chi connectivity index (χ4n) is 3.07. The van der Waals surface area contributed by atoms with Gasteiger partial charge in [0.25, 0.3) is 5.91 Å². The van der Waals surface area contributed by atoms with Crippen LogP contribution in [-0.4, -0.2) is 37.0 Å². The van der Waals surface area contributed by atoms with Gasteiger partial charge in [-0.15, -0.1) is 0 Å². The smallest absolute Gasteiger partial charge is 0.251 e. The van der Waals surface area contributed by atoms with Gasteiger partial charge in [-0.3, -0.25) is 4.79 Å². The van der Waals surface area contributed by atoms with Gasteiger partial charge in [0.15, 0.2) is 0 Å². The molecule has 2 aromatic carbocycles. The molecule has 0 heterocycles. The molecule has 0 atom stereocenters. The quantitative estimate of drug-likeness (QED) is 0.641. The van der Waals surface area contributed by atoms with E-state index in [1.54, 1.807) is 0 Å². The predicted octanol–water partition coefficient (Wildman–Crippen LogP) is 3.66. The number of amides is 1. The van der Waals surface area contributed by atoms with Crippen LogP contribution < -0.4 is 11.1 Å². The normalized spacial score (nSPS) is 10.9. The standard InChI is InChI=1S/C22H31N3O/c1-3-13-25(4-2)14-7-12-24-22(26)21-11-6-10-20(16-21)19-9-5-8-18(15-19)17-23/h5-6,8-11,15-16H,3-4,7,12-14,17,23H2,1-2H3,(H,24,26). The van der Waals surface area contributed by atoms with Crippen LogP contribution in [0.25, 0.3) is 11.1 Å². The summed E-state index contributed by atoms with van der Waals surface area (Å²) in [5.41, 5.74) is 9.63. The summed E-state index contributed by atoms with van der Waals surface area (Å²) >= 11 is 0. The molecule has 0 unspecified atom stereocenters. The van der Waals surface area contributed by atoms with Gasteiger partial charge < -0.3 is 16.0 Å². The number of nitrogens with one attached hydrogen (secondary N) is 1. The maximum Gasteiger partial charge on any atom is 0.251 e. The molecule has 0 aliphatic carbocycles. The molecule has 140 valence electrons. The zero-order valence-electron chi connectivity index (χ0n) is 16.0. The van der Waals surface area contributed by atoms with Crippen molar-refractivity contribution in [1.82, 2.24) is 10.2 Å². The molecule has 0 aliphatic rings. The van der Waals surface area contributed by atoms with Crippen molar-refractivity contribution in [2.75, 3.05) is 26.2 Å². The molecule has 0 saturated carbocycles. The van der Waals surface area contributed by atoms with Crippen molar-refractivity contribution in [2.45, 2.75) is 33.2 Å². The van der Waals surface area contributed by atoms with Gasteiger partial charge in [0.1, 0.15) is 0 Å². The van der Waals surface area contributed by atoms with E-state index >= 15 is 0 Å². The first-order chi connectivity index (χ1) is 12.7. The number of nitrogens with zero attached hydrogens (tertiary/aromatic N) is 1. The van der Waals surface area contributed by atoms with Gasteiger partial charge in [-0.1, -0.05) is 44.2 Å². The molecule has 2 aromatic rings. The average molecular weight is 354 g/mol. The lowest BCUT2D eigenvalue weighted by molar-refractivity contribution is 0.0951. The van der Waals surface area contributed by atoms with Crippen LogP contribution in [0.15, 0.2) is 48.5 Å². The number of carbonyl (C=O) groups excluding carboxylic acids is 1. The first-order valence-electron chi connectivity index (χ1n) is 9.58. The molecule has 0 aromatic heterocycles. The molecule has 0 radical (unpaired) electrons. The Hall–Kier alpha value is -2.17. The van der Waals surface area contributed by atoms with E-state index in [1.165, 1.54) is 6.42 Å². The Morgan fingerprint density at radius 1 is 1.04 bits per heavy atom. The summed E-state index contributed by atoms with van der Waals surface area (Å²) < 4.78 is 0. The highest BCUT2D eigenvalue weighted by molar-refractivity contribution is 5.95. The Labute approximate surface area is 157 Å². The summed E-state index contributed by atoms with van der Waals surface area (Å²) in [7, 11) is 0. The van der Waals surface area contributed by atoms with Crippen LogP contribution in [0.1, 0.15) is 42.6 Å². The second kappa shape index (κ2) is 10.7. The van der Waals surface area contributed by atoms with Crippen LogP contribution >= 0.6 is 0 Å². The summed E-state index contributed by atoms with van der Waals surface area (Å²) in [5.74, 6) is -0.0135. The minimum Gasteiger partial charge on any atom is -0.352 e. The summed E-state index contributed by atoms with van der Waals surface area (Å²) in [6.07, 6.45) is 2.14. The highest BCUT2D eigenvalue weighted by atomic mass is 16.1. The molecule has 26 heavy (non-hydrogen) atoms. The zero-order chi connectivity index (χ0) is 18.8. The van der Waals surface area contributed by atoms with Gasteiger partial charge in [-0.2, -0.15) is 0 Å².